The summed E-state index contributed by atoms with van der Waals surface area (Å²) in [6, 6.07) is 0. The largest absolute Gasteiger partial charge is 0.396 e. The van der Waals surface area contributed by atoms with Crippen molar-refractivity contribution in [3.8, 4) is 0 Å². The Morgan fingerprint density at radius 3 is 1.29 bits per heavy atom. The Bertz CT molecular complexity index is 491. The van der Waals surface area contributed by atoms with Crippen LogP contribution >= 0.6 is 0 Å². The van der Waals surface area contributed by atoms with Crippen LogP contribution in [0, 0.1) is 5.41 Å². The summed E-state index contributed by atoms with van der Waals surface area (Å²) in [6.07, 6.45) is 6.69. The molecular formula is C28H58O6. The molecule has 0 amide bonds. The maximum absolute atomic E-state index is 9.54. The van der Waals surface area contributed by atoms with Gasteiger partial charge in [0.15, 0.2) is 0 Å². The standard InChI is InChI=1S/C28H58O6/c1-10-24(6)31-20-17-27(9,13-4)34-23-28(14-5,21-32-25(7,11-2)15-18-29)22-33-26(8,12-3)16-19-30/h24,29-30H,10-23H2,1-9H3. The average molecular weight is 491 g/mol. The number of aliphatic hydroxyl groups is 2. The Hall–Kier alpha value is -0.240. The van der Waals surface area contributed by atoms with Crippen LogP contribution in [-0.4, -0.2) is 72.8 Å². The zero-order chi connectivity index (χ0) is 26.3. The third-order valence-corrected chi connectivity index (χ3v) is 8.06. The van der Waals surface area contributed by atoms with Crippen LogP contribution in [0.15, 0.2) is 0 Å². The smallest absolute Gasteiger partial charge is 0.0674 e. The highest BCUT2D eigenvalue weighted by molar-refractivity contribution is 4.85. The summed E-state index contributed by atoms with van der Waals surface area (Å²) in [6.45, 7) is 21.5. The molecule has 0 bridgehead atoms. The van der Waals surface area contributed by atoms with Crippen LogP contribution in [0.3, 0.4) is 0 Å². The molecule has 0 aliphatic rings. The SMILES string of the molecule is CCC(C)OCCC(C)(CC)OCC(CC)(COC(C)(CC)CCO)COC(C)(CC)CCO. The fraction of sp³-hybridized carbons (Fsp3) is 1.00. The minimum atomic E-state index is -0.382. The average Bonchev–Trinajstić information content (AvgIpc) is 2.84. The molecule has 34 heavy (non-hydrogen) atoms. The molecule has 0 radical (unpaired) electrons. The number of hydrogen-bond donors (Lipinski definition) is 2. The van der Waals surface area contributed by atoms with E-state index in [1.807, 2.05) is 0 Å². The van der Waals surface area contributed by atoms with Gasteiger partial charge in [0.05, 0.1) is 42.7 Å². The summed E-state index contributed by atoms with van der Waals surface area (Å²) >= 11 is 0. The van der Waals surface area contributed by atoms with E-state index in [1.165, 1.54) is 0 Å². The molecule has 0 rings (SSSR count). The lowest BCUT2D eigenvalue weighted by molar-refractivity contribution is -0.173. The summed E-state index contributed by atoms with van der Waals surface area (Å²) in [5, 5.41) is 19.1. The predicted octanol–water partition coefficient (Wildman–Crippen LogP) is 5.91. The monoisotopic (exact) mass is 490 g/mol. The molecule has 0 aliphatic heterocycles. The number of ether oxygens (including phenoxy) is 4. The minimum absolute atomic E-state index is 0.102. The quantitative estimate of drug-likeness (QED) is 0.196. The van der Waals surface area contributed by atoms with E-state index >= 15 is 0 Å². The van der Waals surface area contributed by atoms with E-state index in [1.54, 1.807) is 0 Å². The maximum Gasteiger partial charge on any atom is 0.0674 e. The van der Waals surface area contributed by atoms with Gasteiger partial charge in [-0.15, -0.1) is 0 Å². The maximum atomic E-state index is 9.54. The third-order valence-electron chi connectivity index (χ3n) is 8.06. The lowest BCUT2D eigenvalue weighted by atomic mass is 9.86. The van der Waals surface area contributed by atoms with Crippen molar-refractivity contribution in [1.29, 1.82) is 0 Å². The first kappa shape index (κ1) is 33.8. The Kier molecular flexibility index (Phi) is 16.4. The molecule has 0 aromatic carbocycles. The first-order valence-electron chi connectivity index (χ1n) is 13.7. The molecule has 0 heterocycles. The van der Waals surface area contributed by atoms with Gasteiger partial charge in [-0.3, -0.25) is 0 Å². The van der Waals surface area contributed by atoms with Crippen LogP contribution in [0.4, 0.5) is 0 Å². The molecule has 6 nitrogen and oxygen atoms in total. The van der Waals surface area contributed by atoms with Gasteiger partial charge in [-0.1, -0.05) is 34.6 Å². The topological polar surface area (TPSA) is 77.4 Å². The van der Waals surface area contributed by atoms with Crippen molar-refractivity contribution in [3.05, 3.63) is 0 Å². The highest BCUT2D eigenvalue weighted by Crippen LogP contribution is 2.34. The molecule has 206 valence electrons. The second-order valence-electron chi connectivity index (χ2n) is 10.9. The van der Waals surface area contributed by atoms with Gasteiger partial charge in [-0.25, -0.2) is 0 Å². The summed E-state index contributed by atoms with van der Waals surface area (Å²) in [5.74, 6) is 0. The van der Waals surface area contributed by atoms with Crippen LogP contribution in [0.25, 0.3) is 0 Å². The van der Waals surface area contributed by atoms with E-state index in [2.05, 4.69) is 62.3 Å². The van der Waals surface area contributed by atoms with Gasteiger partial charge in [0, 0.05) is 25.2 Å². The lowest BCUT2D eigenvalue weighted by Crippen LogP contribution is -2.46. The Morgan fingerprint density at radius 1 is 0.618 bits per heavy atom. The van der Waals surface area contributed by atoms with Crippen LogP contribution in [0.1, 0.15) is 114 Å². The van der Waals surface area contributed by atoms with Crippen molar-refractivity contribution in [2.75, 3.05) is 39.6 Å². The molecule has 0 aromatic rings. The van der Waals surface area contributed by atoms with Crippen molar-refractivity contribution in [2.24, 2.45) is 5.41 Å². The molecule has 0 aromatic heterocycles. The molecule has 0 spiro atoms. The number of rotatable bonds is 22. The third kappa shape index (κ3) is 12.1. The van der Waals surface area contributed by atoms with E-state index in [-0.39, 0.29) is 41.5 Å². The van der Waals surface area contributed by atoms with E-state index < -0.39 is 0 Å². The van der Waals surface area contributed by atoms with Crippen molar-refractivity contribution >= 4 is 0 Å². The zero-order valence-corrected chi connectivity index (χ0v) is 24.0. The summed E-state index contributed by atoms with van der Waals surface area (Å²) in [5.41, 5.74) is -1.38. The molecule has 0 saturated heterocycles. The second-order valence-corrected chi connectivity index (χ2v) is 10.9. The van der Waals surface area contributed by atoms with Crippen molar-refractivity contribution in [2.45, 2.75) is 137 Å². The fourth-order valence-electron chi connectivity index (χ4n) is 3.53. The van der Waals surface area contributed by atoms with Crippen LogP contribution in [0.2, 0.25) is 0 Å². The normalized spacial score (nSPS) is 20.2. The fourth-order valence-corrected chi connectivity index (χ4v) is 3.53. The van der Waals surface area contributed by atoms with Gasteiger partial charge in [0.1, 0.15) is 0 Å². The zero-order valence-electron chi connectivity index (χ0n) is 24.0. The highest BCUT2D eigenvalue weighted by atomic mass is 16.5. The molecule has 0 saturated carbocycles. The van der Waals surface area contributed by atoms with Gasteiger partial charge >= 0.3 is 0 Å². The first-order chi connectivity index (χ1) is 15.9. The van der Waals surface area contributed by atoms with E-state index in [0.717, 1.165) is 38.5 Å². The predicted molar refractivity (Wildman–Crippen MR) is 140 cm³/mol. The Labute approximate surface area is 211 Å². The van der Waals surface area contributed by atoms with Gasteiger partial charge in [0.2, 0.25) is 0 Å². The molecule has 4 unspecified atom stereocenters. The molecule has 4 atom stereocenters. The summed E-state index contributed by atoms with van der Waals surface area (Å²) in [4.78, 5) is 0. The van der Waals surface area contributed by atoms with Crippen molar-refractivity contribution in [3.63, 3.8) is 0 Å². The second kappa shape index (κ2) is 16.5. The molecular weight excluding hydrogens is 432 g/mol. The molecule has 0 aliphatic carbocycles. The summed E-state index contributed by atoms with van der Waals surface area (Å²) < 4.78 is 25.5. The van der Waals surface area contributed by atoms with Crippen LogP contribution in [0.5, 0.6) is 0 Å². The Balaban J connectivity index is 5.57. The van der Waals surface area contributed by atoms with Gasteiger partial charge in [0.25, 0.3) is 0 Å². The molecule has 2 N–H and O–H groups in total. The first-order valence-corrected chi connectivity index (χ1v) is 13.7. The molecule has 6 heteroatoms. The van der Waals surface area contributed by atoms with E-state index in [0.29, 0.717) is 39.3 Å². The minimum Gasteiger partial charge on any atom is -0.396 e. The van der Waals surface area contributed by atoms with Crippen LogP contribution in [-0.2, 0) is 18.9 Å². The van der Waals surface area contributed by atoms with Crippen LogP contribution < -0.4 is 0 Å². The van der Waals surface area contributed by atoms with Crippen molar-refractivity contribution < 1.29 is 29.2 Å². The lowest BCUT2D eigenvalue weighted by Gasteiger charge is -2.42. The van der Waals surface area contributed by atoms with Gasteiger partial charge in [-0.2, -0.15) is 0 Å². The van der Waals surface area contributed by atoms with Gasteiger partial charge < -0.3 is 29.2 Å². The Morgan fingerprint density at radius 2 is 1.00 bits per heavy atom. The summed E-state index contributed by atoms with van der Waals surface area (Å²) in [7, 11) is 0. The van der Waals surface area contributed by atoms with Gasteiger partial charge in [-0.05, 0) is 79.1 Å². The van der Waals surface area contributed by atoms with Crippen molar-refractivity contribution in [1.82, 2.24) is 0 Å². The van der Waals surface area contributed by atoms with E-state index in [4.69, 9.17) is 18.9 Å². The highest BCUT2D eigenvalue weighted by Gasteiger charge is 2.38. The molecule has 0 fully saturated rings. The number of hydrogen-bond acceptors (Lipinski definition) is 6. The van der Waals surface area contributed by atoms with E-state index in [9.17, 15) is 10.2 Å². The number of aliphatic hydroxyl groups excluding tert-OH is 2.